The van der Waals surface area contributed by atoms with Gasteiger partial charge in [-0.25, -0.2) is 0 Å². The number of rotatable bonds is 6. The summed E-state index contributed by atoms with van der Waals surface area (Å²) in [5, 5.41) is 3.90. The van der Waals surface area contributed by atoms with E-state index in [4.69, 9.17) is 21.1 Å². The van der Waals surface area contributed by atoms with Crippen LogP contribution in [-0.4, -0.2) is 13.7 Å². The van der Waals surface area contributed by atoms with E-state index < -0.39 is 0 Å². The molecule has 0 heterocycles. The predicted octanol–water partition coefficient (Wildman–Crippen LogP) is 4.36. The summed E-state index contributed by atoms with van der Waals surface area (Å²) in [5.41, 5.74) is 2.11. The Morgan fingerprint density at radius 2 is 1.90 bits per heavy atom. The first kappa shape index (κ1) is 14.5. The van der Waals surface area contributed by atoms with Crippen molar-refractivity contribution in [1.82, 2.24) is 0 Å². The normalized spacial score (nSPS) is 10.2. The summed E-state index contributed by atoms with van der Waals surface area (Å²) in [4.78, 5) is 0. The molecule has 3 nitrogen and oxygen atoms in total. The Balaban J connectivity index is 2.16. The van der Waals surface area contributed by atoms with E-state index in [0.717, 1.165) is 11.3 Å². The molecule has 0 aliphatic carbocycles. The van der Waals surface area contributed by atoms with Gasteiger partial charge in [0.2, 0.25) is 0 Å². The molecule has 0 bridgehead atoms. The Bertz CT molecular complexity index is 558. The van der Waals surface area contributed by atoms with Gasteiger partial charge in [0.05, 0.1) is 18.7 Å². The number of hydrogen-bond donors (Lipinski definition) is 1. The van der Waals surface area contributed by atoms with E-state index >= 15 is 0 Å². The van der Waals surface area contributed by atoms with Gasteiger partial charge in [-0.05, 0) is 36.8 Å². The lowest BCUT2D eigenvalue weighted by atomic mass is 10.2. The van der Waals surface area contributed by atoms with Crippen molar-refractivity contribution >= 4 is 17.3 Å². The summed E-state index contributed by atoms with van der Waals surface area (Å²) < 4.78 is 10.8. The van der Waals surface area contributed by atoms with Gasteiger partial charge in [0.1, 0.15) is 0 Å². The molecular weight excluding hydrogens is 274 g/mol. The molecule has 0 saturated heterocycles. The highest BCUT2D eigenvalue weighted by molar-refractivity contribution is 6.32. The van der Waals surface area contributed by atoms with E-state index in [-0.39, 0.29) is 0 Å². The number of anilines is 1. The molecule has 20 heavy (non-hydrogen) atoms. The minimum atomic E-state index is 0.559. The molecule has 0 atom stereocenters. The number of ether oxygens (including phenoxy) is 2. The molecule has 0 aromatic heterocycles. The highest BCUT2D eigenvalue weighted by atomic mass is 35.5. The fraction of sp³-hybridized carbons (Fsp3) is 0.250. The highest BCUT2D eigenvalue weighted by Gasteiger charge is 2.11. The van der Waals surface area contributed by atoms with Gasteiger partial charge in [0.15, 0.2) is 11.5 Å². The predicted molar refractivity (Wildman–Crippen MR) is 82.9 cm³/mol. The first-order chi connectivity index (χ1) is 9.74. The van der Waals surface area contributed by atoms with Crippen LogP contribution in [0, 0.1) is 0 Å². The minimum absolute atomic E-state index is 0.559. The summed E-state index contributed by atoms with van der Waals surface area (Å²) in [6.07, 6.45) is 0. The quantitative estimate of drug-likeness (QED) is 0.858. The summed E-state index contributed by atoms with van der Waals surface area (Å²) in [6, 6.07) is 13.9. The number of nitrogens with one attached hydrogen (secondary N) is 1. The summed E-state index contributed by atoms with van der Waals surface area (Å²) in [5.74, 6) is 1.25. The Morgan fingerprint density at radius 3 is 2.55 bits per heavy atom. The largest absolute Gasteiger partial charge is 0.491 e. The standard InChI is InChI=1S/C16H18ClNO2/c1-3-20-15-10-12(9-14(17)16(15)19-2)11-18-13-7-5-4-6-8-13/h4-10,18H,3,11H2,1-2H3. The molecule has 0 radical (unpaired) electrons. The van der Waals surface area contributed by atoms with E-state index in [1.807, 2.05) is 49.4 Å². The van der Waals surface area contributed by atoms with Gasteiger partial charge >= 0.3 is 0 Å². The molecule has 0 saturated carbocycles. The first-order valence-electron chi connectivity index (χ1n) is 6.52. The van der Waals surface area contributed by atoms with E-state index in [0.29, 0.717) is 29.7 Å². The van der Waals surface area contributed by atoms with Crippen molar-refractivity contribution in [2.75, 3.05) is 19.0 Å². The number of halogens is 1. The monoisotopic (exact) mass is 291 g/mol. The molecule has 0 fully saturated rings. The molecule has 0 amide bonds. The van der Waals surface area contributed by atoms with Crippen LogP contribution >= 0.6 is 11.6 Å². The van der Waals surface area contributed by atoms with Gasteiger partial charge < -0.3 is 14.8 Å². The highest BCUT2D eigenvalue weighted by Crippen LogP contribution is 2.36. The van der Waals surface area contributed by atoms with Crippen molar-refractivity contribution < 1.29 is 9.47 Å². The van der Waals surface area contributed by atoms with E-state index in [2.05, 4.69) is 5.32 Å². The fourth-order valence-electron chi connectivity index (χ4n) is 1.94. The second kappa shape index (κ2) is 7.06. The summed E-state index contributed by atoms with van der Waals surface area (Å²) >= 11 is 6.22. The van der Waals surface area contributed by atoms with Crippen LogP contribution in [0.25, 0.3) is 0 Å². The zero-order valence-electron chi connectivity index (χ0n) is 11.7. The maximum atomic E-state index is 6.22. The molecule has 4 heteroatoms. The molecule has 2 rings (SSSR count). The van der Waals surface area contributed by atoms with Crippen molar-refractivity contribution in [3.63, 3.8) is 0 Å². The third-order valence-electron chi connectivity index (χ3n) is 2.84. The maximum Gasteiger partial charge on any atom is 0.179 e. The Morgan fingerprint density at radius 1 is 1.15 bits per heavy atom. The lowest BCUT2D eigenvalue weighted by Crippen LogP contribution is -2.02. The molecule has 0 spiro atoms. The van der Waals surface area contributed by atoms with Crippen molar-refractivity contribution in [3.8, 4) is 11.5 Å². The van der Waals surface area contributed by atoms with Crippen LogP contribution in [0.2, 0.25) is 5.02 Å². The molecule has 0 aliphatic rings. The van der Waals surface area contributed by atoms with Crippen molar-refractivity contribution in [1.29, 1.82) is 0 Å². The van der Waals surface area contributed by atoms with Crippen LogP contribution in [0.15, 0.2) is 42.5 Å². The molecule has 0 aliphatic heterocycles. The third kappa shape index (κ3) is 3.58. The number of hydrogen-bond acceptors (Lipinski definition) is 3. The van der Waals surface area contributed by atoms with Crippen LogP contribution in [0.5, 0.6) is 11.5 Å². The van der Waals surface area contributed by atoms with Crippen LogP contribution in [0.3, 0.4) is 0 Å². The third-order valence-corrected chi connectivity index (χ3v) is 3.12. The average molecular weight is 292 g/mol. The zero-order valence-corrected chi connectivity index (χ0v) is 12.4. The number of methoxy groups -OCH3 is 1. The average Bonchev–Trinajstić information content (AvgIpc) is 2.46. The van der Waals surface area contributed by atoms with Gasteiger partial charge in [-0.3, -0.25) is 0 Å². The Labute approximate surface area is 124 Å². The SMILES string of the molecule is CCOc1cc(CNc2ccccc2)cc(Cl)c1OC. The van der Waals surface area contributed by atoms with Crippen molar-refractivity contribution in [3.05, 3.63) is 53.1 Å². The van der Waals surface area contributed by atoms with Crippen molar-refractivity contribution in [2.24, 2.45) is 0 Å². The van der Waals surface area contributed by atoms with Gasteiger partial charge in [-0.2, -0.15) is 0 Å². The fourth-order valence-corrected chi connectivity index (χ4v) is 2.26. The lowest BCUT2D eigenvalue weighted by molar-refractivity contribution is 0.310. The zero-order chi connectivity index (χ0) is 14.4. The molecule has 0 unspecified atom stereocenters. The second-order valence-corrected chi connectivity index (χ2v) is 4.67. The molecule has 1 N–H and O–H groups in total. The van der Waals surface area contributed by atoms with Crippen LogP contribution in [-0.2, 0) is 6.54 Å². The minimum Gasteiger partial charge on any atom is -0.491 e. The van der Waals surface area contributed by atoms with Gasteiger partial charge in [0, 0.05) is 12.2 Å². The van der Waals surface area contributed by atoms with Crippen LogP contribution in [0.1, 0.15) is 12.5 Å². The maximum absolute atomic E-state index is 6.22. The van der Waals surface area contributed by atoms with E-state index in [1.165, 1.54) is 0 Å². The molecule has 106 valence electrons. The lowest BCUT2D eigenvalue weighted by Gasteiger charge is -2.14. The smallest absolute Gasteiger partial charge is 0.179 e. The van der Waals surface area contributed by atoms with E-state index in [1.54, 1.807) is 7.11 Å². The molecule has 2 aromatic carbocycles. The second-order valence-electron chi connectivity index (χ2n) is 4.26. The molecule has 2 aromatic rings. The Kier molecular flexibility index (Phi) is 5.13. The first-order valence-corrected chi connectivity index (χ1v) is 6.90. The number of benzene rings is 2. The number of para-hydroxylation sites is 1. The molecular formula is C16H18ClNO2. The van der Waals surface area contributed by atoms with Crippen LogP contribution < -0.4 is 14.8 Å². The van der Waals surface area contributed by atoms with Crippen molar-refractivity contribution in [2.45, 2.75) is 13.5 Å². The topological polar surface area (TPSA) is 30.5 Å². The van der Waals surface area contributed by atoms with Gasteiger partial charge in [-0.1, -0.05) is 29.8 Å². The van der Waals surface area contributed by atoms with Gasteiger partial charge in [0.25, 0.3) is 0 Å². The van der Waals surface area contributed by atoms with Gasteiger partial charge in [-0.15, -0.1) is 0 Å². The Hall–Kier alpha value is -1.87. The summed E-state index contributed by atoms with van der Waals surface area (Å²) in [7, 11) is 1.59. The summed E-state index contributed by atoms with van der Waals surface area (Å²) in [6.45, 7) is 3.18. The van der Waals surface area contributed by atoms with Crippen LogP contribution in [0.4, 0.5) is 5.69 Å². The van der Waals surface area contributed by atoms with E-state index in [9.17, 15) is 0 Å².